The van der Waals surface area contributed by atoms with Gasteiger partial charge < -0.3 is 15.8 Å². The monoisotopic (exact) mass is 383 g/mol. The summed E-state index contributed by atoms with van der Waals surface area (Å²) in [5.41, 5.74) is 6.87. The summed E-state index contributed by atoms with van der Waals surface area (Å²) in [5, 5.41) is 14.0. The molecular weight excluding hydrogens is 358 g/mol. The number of carbonyl (C=O) groups is 1. The number of nitrogens with one attached hydrogen (secondary N) is 1. The Morgan fingerprint density at radius 3 is 2.58 bits per heavy atom. The fraction of sp³-hybridized carbons (Fsp3) is 0.611. The van der Waals surface area contributed by atoms with E-state index in [2.05, 4.69) is 5.32 Å². The lowest BCUT2D eigenvalue weighted by atomic mass is 9.65. The highest BCUT2D eigenvalue weighted by Gasteiger charge is 2.40. The Bertz CT molecular complexity index is 656. The van der Waals surface area contributed by atoms with Crippen LogP contribution in [0.4, 0.5) is 5.69 Å². The van der Waals surface area contributed by atoms with Crippen LogP contribution in [-0.4, -0.2) is 24.0 Å². The molecule has 0 radical (unpaired) electrons. The number of methoxy groups -OCH3 is 1. The van der Waals surface area contributed by atoms with Crippen molar-refractivity contribution in [2.24, 2.45) is 23.5 Å². The average Bonchev–Trinajstić information content (AvgIpc) is 2.59. The first kappa shape index (κ1) is 20.5. The van der Waals surface area contributed by atoms with Crippen molar-refractivity contribution < 1.29 is 14.5 Å². The molecule has 0 spiro atoms. The van der Waals surface area contributed by atoms with Gasteiger partial charge in [-0.1, -0.05) is 12.5 Å². The highest BCUT2D eigenvalue weighted by atomic mass is 35.5. The topological polar surface area (TPSA) is 107 Å². The highest BCUT2D eigenvalue weighted by molar-refractivity contribution is 5.85. The lowest BCUT2D eigenvalue weighted by Crippen LogP contribution is -2.49. The minimum absolute atomic E-state index is 0. The smallest absolute Gasteiger partial charge is 0.311 e. The molecule has 2 unspecified atom stereocenters. The van der Waals surface area contributed by atoms with Crippen LogP contribution in [-0.2, 0) is 11.3 Å². The van der Waals surface area contributed by atoms with Gasteiger partial charge >= 0.3 is 5.69 Å². The molecule has 2 atom stereocenters. The van der Waals surface area contributed by atoms with Gasteiger partial charge in [0.1, 0.15) is 0 Å². The number of nitro benzene ring substituents is 1. The number of nitrogens with two attached hydrogens (primary N) is 1. The first-order chi connectivity index (χ1) is 12.0. The van der Waals surface area contributed by atoms with Gasteiger partial charge in [-0.25, -0.2) is 0 Å². The number of nitro groups is 1. The number of nitrogens with zero attached hydrogens (tertiary/aromatic N) is 1. The number of hydrogen-bond acceptors (Lipinski definition) is 5. The predicted octanol–water partition coefficient (Wildman–Crippen LogP) is 2.80. The molecule has 144 valence electrons. The fourth-order valence-electron chi connectivity index (χ4n) is 4.32. The maximum atomic E-state index is 12.5. The SMILES string of the molecule is COc1ccc(CNC(=O)C2CC3CCCC(C2)C3N)cc1[N+](=O)[O-].Cl. The maximum Gasteiger partial charge on any atom is 0.311 e. The van der Waals surface area contributed by atoms with Gasteiger partial charge in [0.25, 0.3) is 0 Å². The van der Waals surface area contributed by atoms with E-state index in [-0.39, 0.29) is 48.3 Å². The van der Waals surface area contributed by atoms with Gasteiger partial charge in [0.15, 0.2) is 5.75 Å². The maximum absolute atomic E-state index is 12.5. The van der Waals surface area contributed by atoms with E-state index in [4.69, 9.17) is 10.5 Å². The van der Waals surface area contributed by atoms with Crippen molar-refractivity contribution in [1.82, 2.24) is 5.32 Å². The lowest BCUT2D eigenvalue weighted by molar-refractivity contribution is -0.385. The number of hydrogen-bond donors (Lipinski definition) is 2. The molecule has 1 amide bonds. The van der Waals surface area contributed by atoms with Gasteiger partial charge in [0.2, 0.25) is 5.91 Å². The van der Waals surface area contributed by atoms with E-state index in [9.17, 15) is 14.9 Å². The third kappa shape index (κ3) is 4.27. The molecule has 2 saturated carbocycles. The van der Waals surface area contributed by atoms with E-state index in [0.29, 0.717) is 17.4 Å². The van der Waals surface area contributed by atoms with Crippen LogP contribution in [0, 0.1) is 27.9 Å². The molecule has 0 aromatic heterocycles. The molecule has 0 aliphatic heterocycles. The molecule has 0 saturated heterocycles. The Hall–Kier alpha value is -1.86. The van der Waals surface area contributed by atoms with Crippen molar-refractivity contribution in [1.29, 1.82) is 0 Å². The summed E-state index contributed by atoms with van der Waals surface area (Å²) in [6, 6.07) is 4.98. The number of ether oxygens (including phenoxy) is 1. The Kier molecular flexibility index (Phi) is 6.83. The Balaban J connectivity index is 0.00000243. The number of fused-ring (bicyclic) bond motifs is 2. The second-order valence-corrected chi connectivity index (χ2v) is 7.18. The molecule has 1 aromatic carbocycles. The van der Waals surface area contributed by atoms with Gasteiger partial charge in [-0.3, -0.25) is 14.9 Å². The van der Waals surface area contributed by atoms with Crippen LogP contribution >= 0.6 is 12.4 Å². The van der Waals surface area contributed by atoms with Gasteiger partial charge in [0.05, 0.1) is 12.0 Å². The average molecular weight is 384 g/mol. The zero-order chi connectivity index (χ0) is 18.0. The first-order valence-electron chi connectivity index (χ1n) is 8.84. The molecule has 3 rings (SSSR count). The molecule has 3 N–H and O–H groups in total. The molecule has 2 aliphatic carbocycles. The minimum atomic E-state index is -0.478. The van der Waals surface area contributed by atoms with Crippen molar-refractivity contribution in [3.05, 3.63) is 33.9 Å². The van der Waals surface area contributed by atoms with Crippen molar-refractivity contribution >= 4 is 24.0 Å². The fourth-order valence-corrected chi connectivity index (χ4v) is 4.32. The predicted molar refractivity (Wildman–Crippen MR) is 100 cm³/mol. The van der Waals surface area contributed by atoms with Gasteiger partial charge in [-0.15, -0.1) is 12.4 Å². The lowest BCUT2D eigenvalue weighted by Gasteiger charge is -2.43. The molecular formula is C18H26ClN3O4. The largest absolute Gasteiger partial charge is 0.490 e. The quantitative estimate of drug-likeness (QED) is 0.600. The number of rotatable bonds is 5. The van der Waals surface area contributed by atoms with Crippen LogP contribution < -0.4 is 15.8 Å². The molecule has 7 nitrogen and oxygen atoms in total. The standard InChI is InChI=1S/C18H25N3O4.ClH/c1-25-16-6-5-11(7-15(16)21(23)24)10-20-18(22)14-8-12-3-2-4-13(9-14)17(12)19;/h5-7,12-14,17H,2-4,8-10,19H2,1H3,(H,20,22);1H. The van der Waals surface area contributed by atoms with Crippen LogP contribution in [0.2, 0.25) is 0 Å². The summed E-state index contributed by atoms with van der Waals surface area (Å²) < 4.78 is 4.99. The van der Waals surface area contributed by atoms with Gasteiger partial charge in [-0.2, -0.15) is 0 Å². The second-order valence-electron chi connectivity index (χ2n) is 7.18. The zero-order valence-electron chi connectivity index (χ0n) is 14.8. The number of halogens is 1. The van der Waals surface area contributed by atoms with Crippen LogP contribution in [0.25, 0.3) is 0 Å². The molecule has 0 heterocycles. The van der Waals surface area contributed by atoms with Gasteiger partial charge in [0, 0.05) is 24.6 Å². The van der Waals surface area contributed by atoms with E-state index in [1.54, 1.807) is 12.1 Å². The van der Waals surface area contributed by atoms with Crippen LogP contribution in [0.1, 0.15) is 37.7 Å². The molecule has 2 fully saturated rings. The van der Waals surface area contributed by atoms with Gasteiger partial charge in [-0.05, 0) is 49.1 Å². The third-order valence-corrected chi connectivity index (χ3v) is 5.69. The summed E-state index contributed by atoms with van der Waals surface area (Å²) in [6.07, 6.45) is 5.16. The zero-order valence-corrected chi connectivity index (χ0v) is 15.7. The Morgan fingerprint density at radius 1 is 1.35 bits per heavy atom. The van der Waals surface area contributed by atoms with E-state index in [1.807, 2.05) is 0 Å². The Morgan fingerprint density at radius 2 is 2.00 bits per heavy atom. The van der Waals surface area contributed by atoms with E-state index < -0.39 is 4.92 Å². The first-order valence-corrected chi connectivity index (χ1v) is 8.84. The Labute approximate surface area is 159 Å². The highest BCUT2D eigenvalue weighted by Crippen LogP contribution is 2.41. The summed E-state index contributed by atoms with van der Waals surface area (Å²) in [5.74, 6) is 1.15. The molecule has 1 aromatic rings. The molecule has 2 bridgehead atoms. The summed E-state index contributed by atoms with van der Waals surface area (Å²) >= 11 is 0. The minimum Gasteiger partial charge on any atom is -0.490 e. The molecule has 8 heteroatoms. The van der Waals surface area contributed by atoms with Crippen LogP contribution in [0.5, 0.6) is 5.75 Å². The summed E-state index contributed by atoms with van der Waals surface area (Å²) in [4.78, 5) is 23.1. The van der Waals surface area contributed by atoms with E-state index in [0.717, 1.165) is 25.7 Å². The molecule has 26 heavy (non-hydrogen) atoms. The third-order valence-electron chi connectivity index (χ3n) is 5.69. The van der Waals surface area contributed by atoms with Crippen molar-refractivity contribution in [3.8, 4) is 5.75 Å². The summed E-state index contributed by atoms with van der Waals surface area (Å²) in [7, 11) is 1.40. The number of benzene rings is 1. The molecule has 2 aliphatic rings. The second kappa shape index (κ2) is 8.68. The summed E-state index contributed by atoms with van der Waals surface area (Å²) in [6.45, 7) is 0.279. The number of carbonyl (C=O) groups excluding carboxylic acids is 1. The van der Waals surface area contributed by atoms with Crippen LogP contribution in [0.3, 0.4) is 0 Å². The normalized spacial score (nSPS) is 27.2. The van der Waals surface area contributed by atoms with E-state index >= 15 is 0 Å². The van der Waals surface area contributed by atoms with Crippen molar-refractivity contribution in [2.75, 3.05) is 7.11 Å². The van der Waals surface area contributed by atoms with Crippen molar-refractivity contribution in [3.63, 3.8) is 0 Å². The van der Waals surface area contributed by atoms with E-state index in [1.165, 1.54) is 19.6 Å². The number of amides is 1. The van der Waals surface area contributed by atoms with Crippen molar-refractivity contribution in [2.45, 2.75) is 44.7 Å². The van der Waals surface area contributed by atoms with Crippen LogP contribution in [0.15, 0.2) is 18.2 Å².